The fourth-order valence-corrected chi connectivity index (χ4v) is 3.60. The van der Waals surface area contributed by atoms with E-state index in [0.717, 1.165) is 36.8 Å². The van der Waals surface area contributed by atoms with Crippen molar-refractivity contribution in [2.75, 3.05) is 0 Å². The first-order chi connectivity index (χ1) is 11.0. The van der Waals surface area contributed by atoms with Crippen LogP contribution in [0.2, 0.25) is 0 Å². The minimum atomic E-state index is -0.357. The molecule has 1 aliphatic carbocycles. The van der Waals surface area contributed by atoms with Crippen LogP contribution in [0.5, 0.6) is 0 Å². The molecule has 3 heteroatoms. The Morgan fingerprint density at radius 1 is 1.17 bits per heavy atom. The van der Waals surface area contributed by atoms with Crippen molar-refractivity contribution in [1.82, 2.24) is 4.57 Å². The van der Waals surface area contributed by atoms with Gasteiger partial charge in [0.2, 0.25) is 0 Å². The molecule has 3 rings (SSSR count). The highest BCUT2D eigenvalue weighted by Gasteiger charge is 2.23. The first kappa shape index (κ1) is 16.0. The van der Waals surface area contributed by atoms with E-state index < -0.39 is 0 Å². The summed E-state index contributed by atoms with van der Waals surface area (Å²) >= 11 is 0. The van der Waals surface area contributed by atoms with Crippen LogP contribution < -0.4 is 11.3 Å². The molecule has 122 valence electrons. The summed E-state index contributed by atoms with van der Waals surface area (Å²) in [5, 5.41) is 0. The summed E-state index contributed by atoms with van der Waals surface area (Å²) < 4.78 is 1.96. The molecule has 1 aliphatic rings. The van der Waals surface area contributed by atoms with Gasteiger partial charge in [0.05, 0.1) is 6.04 Å². The molecule has 0 spiro atoms. The number of hydrogen-bond acceptors (Lipinski definition) is 2. The average molecular weight is 310 g/mol. The Hall–Kier alpha value is -1.87. The highest BCUT2D eigenvalue weighted by atomic mass is 16.1. The fourth-order valence-electron chi connectivity index (χ4n) is 3.60. The number of nitrogens with zero attached hydrogens (tertiary/aromatic N) is 1. The molecule has 1 heterocycles. The van der Waals surface area contributed by atoms with E-state index in [2.05, 4.69) is 51.1 Å². The van der Waals surface area contributed by atoms with Crippen molar-refractivity contribution in [3.05, 3.63) is 68.6 Å². The molecule has 3 nitrogen and oxygen atoms in total. The van der Waals surface area contributed by atoms with E-state index >= 15 is 0 Å². The fraction of sp³-hybridized carbons (Fsp3) is 0.450. The van der Waals surface area contributed by atoms with E-state index in [9.17, 15) is 4.79 Å². The lowest BCUT2D eigenvalue weighted by Crippen LogP contribution is -2.32. The molecular weight excluding hydrogens is 284 g/mol. The van der Waals surface area contributed by atoms with Crippen LogP contribution in [0.1, 0.15) is 67.2 Å². The maximum absolute atomic E-state index is 13.0. The largest absolute Gasteiger partial charge is 0.320 e. The number of pyridine rings is 1. The van der Waals surface area contributed by atoms with E-state index in [4.69, 9.17) is 5.73 Å². The summed E-state index contributed by atoms with van der Waals surface area (Å²) in [6.45, 7) is 6.29. The van der Waals surface area contributed by atoms with Gasteiger partial charge in [-0.05, 0) is 62.3 Å². The monoisotopic (exact) mass is 310 g/mol. The van der Waals surface area contributed by atoms with Crippen LogP contribution in [-0.2, 0) is 19.3 Å². The smallest absolute Gasteiger partial charge is 0.256 e. The maximum atomic E-state index is 13.0. The molecule has 0 amide bonds. The molecule has 1 aromatic heterocycles. The molecule has 2 N–H and O–H groups in total. The average Bonchev–Trinajstić information content (AvgIpc) is 3.01. The van der Waals surface area contributed by atoms with Crippen LogP contribution in [0.15, 0.2) is 35.1 Å². The van der Waals surface area contributed by atoms with Gasteiger partial charge in [-0.1, -0.05) is 31.2 Å². The Balaban J connectivity index is 2.08. The second kappa shape index (κ2) is 6.32. The first-order valence-electron chi connectivity index (χ1n) is 8.64. The molecule has 0 saturated heterocycles. The summed E-state index contributed by atoms with van der Waals surface area (Å²) in [4.78, 5) is 13.0. The van der Waals surface area contributed by atoms with Crippen molar-refractivity contribution in [2.24, 2.45) is 5.73 Å². The molecular formula is C20H26N2O. The van der Waals surface area contributed by atoms with Gasteiger partial charge < -0.3 is 10.3 Å². The number of nitrogens with two attached hydrogens (primary N) is 1. The normalized spacial score (nSPS) is 15.0. The summed E-state index contributed by atoms with van der Waals surface area (Å²) in [5.41, 5.74) is 12.1. The van der Waals surface area contributed by atoms with Crippen LogP contribution in [-0.4, -0.2) is 4.57 Å². The molecule has 23 heavy (non-hydrogen) atoms. The summed E-state index contributed by atoms with van der Waals surface area (Å²) in [5.74, 6) is 0. The lowest BCUT2D eigenvalue weighted by Gasteiger charge is -2.20. The van der Waals surface area contributed by atoms with Crippen LogP contribution in [0, 0.1) is 0 Å². The van der Waals surface area contributed by atoms with Gasteiger partial charge in [-0.3, -0.25) is 4.79 Å². The zero-order chi connectivity index (χ0) is 16.6. The molecule has 0 radical (unpaired) electrons. The highest BCUT2D eigenvalue weighted by Crippen LogP contribution is 2.27. The Kier molecular flexibility index (Phi) is 4.40. The third kappa shape index (κ3) is 2.86. The van der Waals surface area contributed by atoms with Crippen molar-refractivity contribution in [3.63, 3.8) is 0 Å². The van der Waals surface area contributed by atoms with Gasteiger partial charge in [-0.25, -0.2) is 0 Å². The van der Waals surface area contributed by atoms with Crippen molar-refractivity contribution < 1.29 is 0 Å². The Morgan fingerprint density at radius 2 is 1.87 bits per heavy atom. The Bertz CT molecular complexity index is 756. The number of benzene rings is 1. The maximum Gasteiger partial charge on any atom is 0.256 e. The quantitative estimate of drug-likeness (QED) is 0.939. The van der Waals surface area contributed by atoms with Gasteiger partial charge in [0.25, 0.3) is 5.56 Å². The topological polar surface area (TPSA) is 48.0 Å². The summed E-state index contributed by atoms with van der Waals surface area (Å²) in [7, 11) is 0. The van der Waals surface area contributed by atoms with Gasteiger partial charge in [-0.2, -0.15) is 0 Å². The highest BCUT2D eigenvalue weighted by molar-refractivity contribution is 5.37. The van der Waals surface area contributed by atoms with Gasteiger partial charge >= 0.3 is 0 Å². The van der Waals surface area contributed by atoms with Crippen molar-refractivity contribution in [2.45, 2.75) is 58.5 Å². The molecule has 1 atom stereocenters. The molecule has 1 unspecified atom stereocenters. The third-order valence-electron chi connectivity index (χ3n) is 4.92. The molecule has 1 aromatic carbocycles. The number of rotatable bonds is 4. The summed E-state index contributed by atoms with van der Waals surface area (Å²) in [6.07, 6.45) is 4.19. The van der Waals surface area contributed by atoms with Crippen LogP contribution >= 0.6 is 0 Å². The first-order valence-corrected chi connectivity index (χ1v) is 8.64. The minimum Gasteiger partial charge on any atom is -0.320 e. The van der Waals surface area contributed by atoms with Gasteiger partial charge in [0.1, 0.15) is 0 Å². The molecule has 0 aliphatic heterocycles. The van der Waals surface area contributed by atoms with Gasteiger partial charge in [-0.15, -0.1) is 0 Å². The SMILES string of the molecule is CCc1ccc(C(N)c2cc3c(n(C(C)C)c2=O)CCC3)cc1. The Labute approximate surface area is 138 Å². The number of aryl methyl sites for hydroxylation is 2. The number of hydrogen-bond donors (Lipinski definition) is 1. The zero-order valence-corrected chi connectivity index (χ0v) is 14.3. The second-order valence-electron chi connectivity index (χ2n) is 6.77. The van der Waals surface area contributed by atoms with E-state index in [1.54, 1.807) is 0 Å². The predicted octanol–water partition coefficient (Wildman–Crippen LogP) is 3.53. The van der Waals surface area contributed by atoms with E-state index in [0.29, 0.717) is 0 Å². The third-order valence-corrected chi connectivity index (χ3v) is 4.92. The predicted molar refractivity (Wildman–Crippen MR) is 95.0 cm³/mol. The van der Waals surface area contributed by atoms with Crippen LogP contribution in [0.4, 0.5) is 0 Å². The van der Waals surface area contributed by atoms with E-state index in [1.165, 1.54) is 16.8 Å². The minimum absolute atomic E-state index is 0.0766. The molecule has 0 bridgehead atoms. The molecule has 0 saturated carbocycles. The van der Waals surface area contributed by atoms with Gasteiger partial charge in [0.15, 0.2) is 0 Å². The Morgan fingerprint density at radius 3 is 2.48 bits per heavy atom. The van der Waals surface area contributed by atoms with Crippen molar-refractivity contribution in [3.8, 4) is 0 Å². The van der Waals surface area contributed by atoms with Crippen molar-refractivity contribution in [1.29, 1.82) is 0 Å². The molecule has 2 aromatic rings. The lowest BCUT2D eigenvalue weighted by molar-refractivity contribution is 0.546. The second-order valence-corrected chi connectivity index (χ2v) is 6.77. The number of aromatic nitrogens is 1. The molecule has 0 fully saturated rings. The van der Waals surface area contributed by atoms with E-state index in [1.807, 2.05) is 4.57 Å². The van der Waals surface area contributed by atoms with Crippen molar-refractivity contribution >= 4 is 0 Å². The van der Waals surface area contributed by atoms with Crippen LogP contribution in [0.25, 0.3) is 0 Å². The standard InChI is InChI=1S/C20H26N2O/c1-4-14-8-10-15(11-9-14)19(21)17-12-16-6-5-7-18(16)22(13(2)3)20(17)23/h8-13,19H,4-7,21H2,1-3H3. The van der Waals surface area contributed by atoms with Crippen LogP contribution in [0.3, 0.4) is 0 Å². The number of fused-ring (bicyclic) bond motifs is 1. The lowest BCUT2D eigenvalue weighted by atomic mass is 9.97. The van der Waals surface area contributed by atoms with E-state index in [-0.39, 0.29) is 17.6 Å². The van der Waals surface area contributed by atoms with Gasteiger partial charge in [0, 0.05) is 17.3 Å². The summed E-state index contributed by atoms with van der Waals surface area (Å²) in [6, 6.07) is 10.2. The zero-order valence-electron chi connectivity index (χ0n) is 14.3.